The second-order valence-electron chi connectivity index (χ2n) is 4.16. The Morgan fingerprint density at radius 2 is 1.47 bits per heavy atom. The summed E-state index contributed by atoms with van der Waals surface area (Å²) in [6, 6.07) is 9.26. The van der Waals surface area contributed by atoms with E-state index < -0.39 is 0 Å². The number of rotatable bonds is 3. The van der Waals surface area contributed by atoms with Gasteiger partial charge < -0.3 is 5.73 Å². The van der Waals surface area contributed by atoms with Gasteiger partial charge in [0.1, 0.15) is 0 Å². The van der Waals surface area contributed by atoms with Crippen molar-refractivity contribution < 1.29 is 1.43 Å². The summed E-state index contributed by atoms with van der Waals surface area (Å²) in [6.07, 6.45) is 3.60. The third-order valence-electron chi connectivity index (χ3n) is 1.97. The molecule has 0 atom stereocenters. The number of benzene rings is 1. The molecule has 0 spiro atoms. The van der Waals surface area contributed by atoms with Gasteiger partial charge in [0.05, 0.1) is 0 Å². The van der Waals surface area contributed by atoms with Crippen LogP contribution >= 0.6 is 0 Å². The van der Waals surface area contributed by atoms with E-state index in [9.17, 15) is 0 Å². The van der Waals surface area contributed by atoms with Crippen LogP contribution in [0.25, 0.3) is 0 Å². The van der Waals surface area contributed by atoms with Gasteiger partial charge in [-0.15, -0.1) is 0 Å². The van der Waals surface area contributed by atoms with E-state index in [1.165, 1.54) is 24.0 Å². The smallest absolute Gasteiger partial charge is 0 e. The maximum absolute atomic E-state index is 5.11. The average Bonchev–Trinajstić information content (AvgIpc) is 2.19. The number of nitrogens with two attached hydrogens (primary N) is 1. The fourth-order valence-electron chi connectivity index (χ4n) is 1.23. The first-order valence-corrected chi connectivity index (χ1v) is 5.93. The molecule has 0 aromatic heterocycles. The van der Waals surface area contributed by atoms with Gasteiger partial charge in [-0.3, -0.25) is 0 Å². The molecule has 0 saturated carbocycles. The molecule has 0 fully saturated rings. The Hall–Kier alpha value is -0.820. The molecule has 2 N–H and O–H groups in total. The van der Waals surface area contributed by atoms with Gasteiger partial charge in [-0.1, -0.05) is 58.4 Å². The van der Waals surface area contributed by atoms with Crippen LogP contribution in [0.4, 0.5) is 0 Å². The van der Waals surface area contributed by atoms with E-state index in [4.69, 9.17) is 5.73 Å². The molecule has 0 heterocycles. The van der Waals surface area contributed by atoms with Crippen molar-refractivity contribution in [2.75, 3.05) is 0 Å². The molecular formula is C14H27N. The maximum atomic E-state index is 5.11. The summed E-state index contributed by atoms with van der Waals surface area (Å²) in [5.41, 5.74) is 8.01. The third-order valence-corrected chi connectivity index (χ3v) is 1.97. The minimum Gasteiger partial charge on any atom is -0.328 e. The lowest BCUT2D eigenvalue weighted by Gasteiger charge is -1.99. The lowest BCUT2D eigenvalue weighted by atomic mass is 10.1. The molecule has 0 saturated heterocycles. The summed E-state index contributed by atoms with van der Waals surface area (Å²) >= 11 is 0. The summed E-state index contributed by atoms with van der Waals surface area (Å²) in [6.45, 7) is 8.29. The molecule has 0 unspecified atom stereocenters. The van der Waals surface area contributed by atoms with Crippen LogP contribution < -0.4 is 5.73 Å². The van der Waals surface area contributed by atoms with E-state index in [0.29, 0.717) is 6.04 Å². The minimum absolute atomic E-state index is 0. The highest BCUT2D eigenvalue weighted by molar-refractivity contribution is 5.22. The van der Waals surface area contributed by atoms with Crippen molar-refractivity contribution in [3.8, 4) is 0 Å². The molecule has 1 aromatic carbocycles. The average molecular weight is 209 g/mol. The molecule has 1 rings (SSSR count). The summed E-state index contributed by atoms with van der Waals surface area (Å²) in [4.78, 5) is 0. The molecule has 0 amide bonds. The summed E-state index contributed by atoms with van der Waals surface area (Å²) in [5.74, 6) is 0. The third kappa shape index (κ3) is 8.19. The first kappa shape index (κ1) is 14.2. The summed E-state index contributed by atoms with van der Waals surface area (Å²) in [5, 5.41) is 0. The fourth-order valence-corrected chi connectivity index (χ4v) is 1.23. The molecule has 15 heavy (non-hydrogen) atoms. The quantitative estimate of drug-likeness (QED) is 0.805. The first-order valence-electron chi connectivity index (χ1n) is 5.93. The van der Waals surface area contributed by atoms with Crippen LogP contribution in [0.1, 0.15) is 46.7 Å². The van der Waals surface area contributed by atoms with Crippen molar-refractivity contribution in [1.82, 2.24) is 0 Å². The molecule has 88 valence electrons. The maximum Gasteiger partial charge on any atom is 0 e. The summed E-state index contributed by atoms with van der Waals surface area (Å²) < 4.78 is 0. The van der Waals surface area contributed by atoms with Crippen molar-refractivity contribution >= 4 is 0 Å². The van der Waals surface area contributed by atoms with Crippen molar-refractivity contribution in [2.45, 2.75) is 53.0 Å². The standard InChI is InChI=1S/C11H16.C3H9N.H2/c1-3-5-11-8-6-10(4-2)7-9-11;1-3(2)4;/h6-9H,3-5H2,1-2H3;3H,4H2,1-2H3;1H. The van der Waals surface area contributed by atoms with Crippen LogP contribution in [0.15, 0.2) is 24.3 Å². The molecule has 1 heteroatoms. The van der Waals surface area contributed by atoms with Gasteiger partial charge in [-0.2, -0.15) is 0 Å². The highest BCUT2D eigenvalue weighted by atomic mass is 14.6. The zero-order valence-electron chi connectivity index (χ0n) is 10.6. The molecular weight excluding hydrogens is 182 g/mol. The molecule has 0 aliphatic rings. The highest BCUT2D eigenvalue weighted by Gasteiger charge is 1.90. The topological polar surface area (TPSA) is 26.0 Å². The van der Waals surface area contributed by atoms with Crippen LogP contribution in [0.5, 0.6) is 0 Å². The molecule has 0 aliphatic carbocycles. The van der Waals surface area contributed by atoms with Crippen LogP contribution in [-0.4, -0.2) is 6.04 Å². The zero-order valence-corrected chi connectivity index (χ0v) is 10.6. The first-order chi connectivity index (χ1) is 7.10. The largest absolute Gasteiger partial charge is 0.328 e. The number of hydrogen-bond donors (Lipinski definition) is 1. The van der Waals surface area contributed by atoms with E-state index in [1.54, 1.807) is 0 Å². The highest BCUT2D eigenvalue weighted by Crippen LogP contribution is 2.06. The zero-order chi connectivity index (χ0) is 11.7. The van der Waals surface area contributed by atoms with Gasteiger partial charge in [0, 0.05) is 1.43 Å². The van der Waals surface area contributed by atoms with Crippen LogP contribution in [-0.2, 0) is 12.8 Å². The second kappa shape index (κ2) is 8.49. The Bertz CT molecular complexity index is 239. The van der Waals surface area contributed by atoms with Crippen LogP contribution in [0.3, 0.4) is 0 Å². The van der Waals surface area contributed by atoms with E-state index in [2.05, 4.69) is 38.1 Å². The fraction of sp³-hybridized carbons (Fsp3) is 0.571. The molecule has 0 radical (unpaired) electrons. The van der Waals surface area contributed by atoms with Gasteiger partial charge in [-0.05, 0) is 30.0 Å². The van der Waals surface area contributed by atoms with Crippen molar-refractivity contribution in [3.05, 3.63) is 35.4 Å². The van der Waals surface area contributed by atoms with Gasteiger partial charge in [0.25, 0.3) is 0 Å². The molecule has 0 aliphatic heterocycles. The van der Waals surface area contributed by atoms with Gasteiger partial charge >= 0.3 is 0 Å². The number of aryl methyl sites for hydroxylation is 2. The predicted octanol–water partition coefficient (Wildman–Crippen LogP) is 3.80. The number of hydrogen-bond acceptors (Lipinski definition) is 1. The van der Waals surface area contributed by atoms with Crippen molar-refractivity contribution in [2.24, 2.45) is 5.73 Å². The summed E-state index contributed by atoms with van der Waals surface area (Å²) in [7, 11) is 0. The SMILES string of the molecule is CC(C)N.CCCc1ccc(CC)cc1.[HH]. The Labute approximate surface area is 96.2 Å². The van der Waals surface area contributed by atoms with E-state index in [-0.39, 0.29) is 1.43 Å². The normalized spacial score (nSPS) is 9.73. The Balaban J connectivity index is 0. The second-order valence-corrected chi connectivity index (χ2v) is 4.16. The predicted molar refractivity (Wildman–Crippen MR) is 71.3 cm³/mol. The van der Waals surface area contributed by atoms with Gasteiger partial charge in [0.2, 0.25) is 0 Å². The Morgan fingerprint density at radius 1 is 1.07 bits per heavy atom. The van der Waals surface area contributed by atoms with Crippen molar-refractivity contribution in [1.29, 1.82) is 0 Å². The monoisotopic (exact) mass is 209 g/mol. The van der Waals surface area contributed by atoms with E-state index >= 15 is 0 Å². The lowest BCUT2D eigenvalue weighted by Crippen LogP contribution is -2.06. The van der Waals surface area contributed by atoms with Crippen LogP contribution in [0.2, 0.25) is 0 Å². The molecule has 0 bridgehead atoms. The van der Waals surface area contributed by atoms with Gasteiger partial charge in [-0.25, -0.2) is 0 Å². The van der Waals surface area contributed by atoms with Crippen LogP contribution in [0, 0.1) is 0 Å². The van der Waals surface area contributed by atoms with Gasteiger partial charge in [0.15, 0.2) is 0 Å². The van der Waals surface area contributed by atoms with Crippen molar-refractivity contribution in [3.63, 3.8) is 0 Å². The van der Waals surface area contributed by atoms with E-state index in [1.807, 2.05) is 13.8 Å². The lowest BCUT2D eigenvalue weighted by molar-refractivity contribution is 0.834. The minimum atomic E-state index is 0. The molecule has 1 aromatic rings. The Kier molecular flexibility index (Phi) is 8.02. The Morgan fingerprint density at radius 3 is 1.80 bits per heavy atom. The molecule has 1 nitrogen and oxygen atoms in total. The van der Waals surface area contributed by atoms with E-state index in [0.717, 1.165) is 6.42 Å².